The van der Waals surface area contributed by atoms with Crippen LogP contribution in [0, 0.1) is 0 Å². The van der Waals surface area contributed by atoms with Gasteiger partial charge in [0.05, 0.1) is 12.6 Å². The molecule has 3 atom stereocenters. The average molecular weight is 257 g/mol. The summed E-state index contributed by atoms with van der Waals surface area (Å²) in [6.07, 6.45) is -3.74. The predicted octanol–water partition coefficient (Wildman–Crippen LogP) is -5.28. The summed E-state index contributed by atoms with van der Waals surface area (Å²) in [6, 6.07) is 0.241. The zero-order valence-corrected chi connectivity index (χ0v) is 9.37. The quantitative estimate of drug-likeness (QED) is 0.324. The fourth-order valence-corrected chi connectivity index (χ4v) is 0.393. The van der Waals surface area contributed by atoms with Crippen LogP contribution in [0.2, 0.25) is 0 Å². The van der Waals surface area contributed by atoms with Crippen molar-refractivity contribution in [1.82, 2.24) is 0 Å². The van der Waals surface area contributed by atoms with Crippen molar-refractivity contribution >= 4 is 11.9 Å². The number of aliphatic hydroxyl groups excluding tert-OH is 3. The summed E-state index contributed by atoms with van der Waals surface area (Å²) in [7, 11) is 0. The van der Waals surface area contributed by atoms with E-state index in [9.17, 15) is 14.7 Å². The van der Waals surface area contributed by atoms with Crippen LogP contribution in [0.1, 0.15) is 13.3 Å². The van der Waals surface area contributed by atoms with Crippen molar-refractivity contribution in [1.29, 1.82) is 0 Å². The number of aliphatic carboxylic acids is 2. The van der Waals surface area contributed by atoms with Gasteiger partial charge in [0.15, 0.2) is 6.10 Å². The SMILES string of the molecule is CC[C@@H]([NH3+])CO.O.O=C([O-])[C@H](O)[C@@H](O)C(=O)O. The lowest BCUT2D eigenvalue weighted by Gasteiger charge is -2.13. The maximum Gasteiger partial charge on any atom is 0.335 e. The molecular formula is C8H19NO8. The standard InChI is InChI=1S/C4H11NO.C4H6O6.H2O/c1-2-4(5)3-6;5-1(3(7)8)2(6)4(9)10;/h4,6H,2-3,5H2,1H3;1-2,5-6H,(H,7,8)(H,9,10);1H2/t4-;1-,2-;/m11./s1. The monoisotopic (exact) mass is 257 g/mol. The van der Waals surface area contributed by atoms with Crippen LogP contribution < -0.4 is 10.8 Å². The fraction of sp³-hybridized carbons (Fsp3) is 0.750. The molecule has 17 heavy (non-hydrogen) atoms. The van der Waals surface area contributed by atoms with Crippen LogP contribution in [0.5, 0.6) is 0 Å². The number of carbonyl (C=O) groups is 2. The van der Waals surface area contributed by atoms with Crippen molar-refractivity contribution in [2.24, 2.45) is 0 Å². The van der Waals surface area contributed by atoms with E-state index in [1.165, 1.54) is 0 Å². The molecule has 0 heterocycles. The Labute approximate surface area is 97.4 Å². The molecule has 0 fully saturated rings. The van der Waals surface area contributed by atoms with Gasteiger partial charge in [-0.3, -0.25) is 0 Å². The highest BCUT2D eigenvalue weighted by Crippen LogP contribution is 1.90. The Morgan fingerprint density at radius 1 is 1.29 bits per heavy atom. The second-order valence-electron chi connectivity index (χ2n) is 3.00. The summed E-state index contributed by atoms with van der Waals surface area (Å²) >= 11 is 0. The molecule has 0 bridgehead atoms. The van der Waals surface area contributed by atoms with Gasteiger partial charge < -0.3 is 41.5 Å². The first-order valence-corrected chi connectivity index (χ1v) is 4.51. The summed E-state index contributed by atoms with van der Waals surface area (Å²) in [5.41, 5.74) is 3.62. The molecule has 0 aliphatic rings. The summed E-state index contributed by atoms with van der Waals surface area (Å²) in [5.74, 6) is -3.83. The van der Waals surface area contributed by atoms with Gasteiger partial charge in [0, 0.05) is 0 Å². The first kappa shape index (κ1) is 21.1. The van der Waals surface area contributed by atoms with Gasteiger partial charge in [0.1, 0.15) is 12.1 Å². The minimum Gasteiger partial charge on any atom is -0.547 e. The largest absolute Gasteiger partial charge is 0.547 e. The molecule has 0 radical (unpaired) electrons. The van der Waals surface area contributed by atoms with Gasteiger partial charge in [-0.05, 0) is 6.42 Å². The topological polar surface area (TPSA) is 197 Å². The van der Waals surface area contributed by atoms with Crippen LogP contribution in [-0.2, 0) is 9.59 Å². The van der Waals surface area contributed by atoms with Gasteiger partial charge in [-0.25, -0.2) is 4.79 Å². The van der Waals surface area contributed by atoms with Gasteiger partial charge in [0.25, 0.3) is 0 Å². The molecule has 9 heteroatoms. The van der Waals surface area contributed by atoms with Crippen molar-refractivity contribution in [2.45, 2.75) is 31.6 Å². The highest BCUT2D eigenvalue weighted by atomic mass is 16.4. The smallest absolute Gasteiger partial charge is 0.335 e. The number of carboxylic acid groups (broad SMARTS) is 2. The molecule has 0 aromatic carbocycles. The van der Waals surface area contributed by atoms with E-state index < -0.39 is 24.1 Å². The van der Waals surface area contributed by atoms with Gasteiger partial charge in [-0.15, -0.1) is 0 Å². The van der Waals surface area contributed by atoms with Gasteiger partial charge in [-0.2, -0.15) is 0 Å². The van der Waals surface area contributed by atoms with E-state index in [2.05, 4.69) is 5.73 Å². The molecule has 0 aromatic heterocycles. The summed E-state index contributed by atoms with van der Waals surface area (Å²) < 4.78 is 0. The molecule has 0 saturated heterocycles. The molecule has 9 nitrogen and oxygen atoms in total. The van der Waals surface area contributed by atoms with Crippen molar-refractivity contribution in [3.63, 3.8) is 0 Å². The number of rotatable bonds is 5. The molecule has 0 aliphatic heterocycles. The number of carboxylic acids is 2. The maximum absolute atomic E-state index is 9.74. The highest BCUT2D eigenvalue weighted by Gasteiger charge is 2.23. The van der Waals surface area contributed by atoms with Crippen LogP contribution in [-0.4, -0.2) is 62.7 Å². The Morgan fingerprint density at radius 2 is 1.71 bits per heavy atom. The van der Waals surface area contributed by atoms with Crippen LogP contribution in [0.3, 0.4) is 0 Å². The van der Waals surface area contributed by atoms with Crippen molar-refractivity contribution < 1.29 is 46.3 Å². The van der Waals surface area contributed by atoms with Crippen molar-refractivity contribution in [3.05, 3.63) is 0 Å². The lowest BCUT2D eigenvalue weighted by Crippen LogP contribution is -2.62. The Balaban J connectivity index is -0.000000244. The zero-order chi connectivity index (χ0) is 13.3. The molecule has 0 aromatic rings. The normalized spacial score (nSPS) is 14.4. The Morgan fingerprint density at radius 3 is 1.76 bits per heavy atom. The molecule has 0 amide bonds. The van der Waals surface area contributed by atoms with E-state index in [-0.39, 0.29) is 18.1 Å². The van der Waals surface area contributed by atoms with E-state index in [0.29, 0.717) is 0 Å². The van der Waals surface area contributed by atoms with E-state index in [4.69, 9.17) is 20.4 Å². The van der Waals surface area contributed by atoms with Gasteiger partial charge in [-0.1, -0.05) is 6.92 Å². The van der Waals surface area contributed by atoms with E-state index in [1.54, 1.807) is 0 Å². The Hall–Kier alpha value is -1.26. The zero-order valence-electron chi connectivity index (χ0n) is 9.37. The molecular weight excluding hydrogens is 238 g/mol. The van der Waals surface area contributed by atoms with Crippen LogP contribution in [0.4, 0.5) is 0 Å². The van der Waals surface area contributed by atoms with Crippen LogP contribution in [0.15, 0.2) is 0 Å². The average Bonchev–Trinajstić information content (AvgIpc) is 2.26. The van der Waals surface area contributed by atoms with E-state index in [0.717, 1.165) is 6.42 Å². The second kappa shape index (κ2) is 11.2. The highest BCUT2D eigenvalue weighted by molar-refractivity contribution is 5.81. The maximum atomic E-state index is 9.74. The van der Waals surface area contributed by atoms with E-state index in [1.807, 2.05) is 6.92 Å². The fourth-order valence-electron chi connectivity index (χ4n) is 0.393. The lowest BCUT2D eigenvalue weighted by molar-refractivity contribution is -0.425. The van der Waals surface area contributed by atoms with Crippen molar-refractivity contribution in [3.8, 4) is 0 Å². The number of hydrogen-bond donors (Lipinski definition) is 5. The summed E-state index contributed by atoms with van der Waals surface area (Å²) in [5, 5.41) is 42.4. The molecule has 0 spiro atoms. The molecule has 0 saturated carbocycles. The van der Waals surface area contributed by atoms with E-state index >= 15 is 0 Å². The number of carbonyl (C=O) groups excluding carboxylic acids is 1. The summed E-state index contributed by atoms with van der Waals surface area (Å²) in [4.78, 5) is 19.4. The third kappa shape index (κ3) is 11.0. The number of aliphatic hydroxyl groups is 3. The van der Waals surface area contributed by atoms with Gasteiger partial charge >= 0.3 is 5.97 Å². The van der Waals surface area contributed by atoms with Crippen LogP contribution in [0.25, 0.3) is 0 Å². The minimum absolute atomic E-state index is 0. The molecule has 104 valence electrons. The first-order valence-electron chi connectivity index (χ1n) is 4.51. The third-order valence-electron chi connectivity index (χ3n) is 1.63. The Bertz CT molecular complexity index is 200. The first-order chi connectivity index (χ1) is 7.27. The Kier molecular flexibility index (Phi) is 13.9. The number of quaternary nitrogens is 1. The molecule has 0 rings (SSSR count). The molecule has 9 N–H and O–H groups in total. The van der Waals surface area contributed by atoms with Crippen molar-refractivity contribution in [2.75, 3.05) is 6.61 Å². The van der Waals surface area contributed by atoms with Gasteiger partial charge in [0.2, 0.25) is 0 Å². The summed E-state index contributed by atoms with van der Waals surface area (Å²) in [6.45, 7) is 2.23. The lowest BCUT2D eigenvalue weighted by atomic mass is 10.2. The molecule has 0 unspecified atom stereocenters. The predicted molar refractivity (Wildman–Crippen MR) is 52.3 cm³/mol. The van der Waals surface area contributed by atoms with Crippen LogP contribution >= 0.6 is 0 Å². The molecule has 0 aliphatic carbocycles. The third-order valence-corrected chi connectivity index (χ3v) is 1.63. The second-order valence-corrected chi connectivity index (χ2v) is 3.00. The minimum atomic E-state index is -2.38. The number of hydrogen-bond acceptors (Lipinski definition) is 6.